The Hall–Kier alpha value is -1.81. The van der Waals surface area contributed by atoms with Gasteiger partial charge in [-0.3, -0.25) is 4.98 Å². The van der Waals surface area contributed by atoms with Crippen molar-refractivity contribution >= 4 is 10.9 Å². The molecule has 0 aliphatic heterocycles. The van der Waals surface area contributed by atoms with Gasteiger partial charge < -0.3 is 14.8 Å². The Morgan fingerprint density at radius 1 is 1.12 bits per heavy atom. The van der Waals surface area contributed by atoms with Crippen LogP contribution in [0.3, 0.4) is 0 Å². The summed E-state index contributed by atoms with van der Waals surface area (Å²) in [7, 11) is 5.16. The second kappa shape index (κ2) is 5.01. The first-order valence-electron chi connectivity index (χ1n) is 5.44. The molecule has 0 bridgehead atoms. The lowest BCUT2D eigenvalue weighted by Gasteiger charge is -2.09. The van der Waals surface area contributed by atoms with Crippen molar-refractivity contribution in [1.29, 1.82) is 0 Å². The van der Waals surface area contributed by atoms with Gasteiger partial charge in [0.1, 0.15) is 0 Å². The molecule has 0 aliphatic rings. The molecule has 90 valence electrons. The molecule has 2 aromatic rings. The minimum atomic E-state index is 0.703. The number of aromatic nitrogens is 1. The molecule has 0 saturated heterocycles. The van der Waals surface area contributed by atoms with Crippen LogP contribution in [0.4, 0.5) is 0 Å². The highest BCUT2D eigenvalue weighted by molar-refractivity contribution is 5.82. The summed E-state index contributed by atoms with van der Waals surface area (Å²) in [4.78, 5) is 4.55. The van der Waals surface area contributed by atoms with Gasteiger partial charge in [0, 0.05) is 18.0 Å². The van der Waals surface area contributed by atoms with Gasteiger partial charge in [-0.1, -0.05) is 6.07 Å². The van der Waals surface area contributed by atoms with Gasteiger partial charge in [0.25, 0.3) is 0 Å². The van der Waals surface area contributed by atoms with E-state index in [1.165, 1.54) is 0 Å². The minimum absolute atomic E-state index is 0.703. The van der Waals surface area contributed by atoms with E-state index < -0.39 is 0 Å². The topological polar surface area (TPSA) is 43.4 Å². The van der Waals surface area contributed by atoms with Crippen LogP contribution < -0.4 is 14.8 Å². The molecular formula is C13H16N2O2. The van der Waals surface area contributed by atoms with E-state index in [0.29, 0.717) is 5.75 Å². The highest BCUT2D eigenvalue weighted by Crippen LogP contribution is 2.31. The molecule has 1 N–H and O–H groups in total. The fraction of sp³-hybridized carbons (Fsp3) is 0.308. The third kappa shape index (κ3) is 2.31. The number of benzene rings is 1. The van der Waals surface area contributed by atoms with Gasteiger partial charge >= 0.3 is 0 Å². The standard InChI is InChI=1S/C13H16N2O2/c1-14-8-10-5-4-9-6-12(16-2)13(17-3)7-11(9)15-10/h4-7,14H,8H2,1-3H3. The van der Waals surface area contributed by atoms with Crippen LogP contribution in [0.15, 0.2) is 24.3 Å². The Bertz CT molecular complexity index is 526. The molecule has 2 rings (SSSR count). The van der Waals surface area contributed by atoms with Crippen molar-refractivity contribution in [2.45, 2.75) is 6.54 Å². The number of pyridine rings is 1. The fourth-order valence-corrected chi connectivity index (χ4v) is 1.77. The molecule has 4 nitrogen and oxygen atoms in total. The monoisotopic (exact) mass is 232 g/mol. The molecule has 0 aliphatic carbocycles. The third-order valence-electron chi connectivity index (χ3n) is 2.61. The van der Waals surface area contributed by atoms with Crippen molar-refractivity contribution in [2.24, 2.45) is 0 Å². The number of fused-ring (bicyclic) bond motifs is 1. The van der Waals surface area contributed by atoms with E-state index in [0.717, 1.165) is 28.9 Å². The molecule has 0 atom stereocenters. The average molecular weight is 232 g/mol. The van der Waals surface area contributed by atoms with Gasteiger partial charge in [0.05, 0.1) is 25.4 Å². The lowest BCUT2D eigenvalue weighted by Crippen LogP contribution is -2.06. The zero-order chi connectivity index (χ0) is 12.3. The largest absolute Gasteiger partial charge is 0.493 e. The highest BCUT2D eigenvalue weighted by atomic mass is 16.5. The van der Waals surface area contributed by atoms with E-state index in [1.54, 1.807) is 14.2 Å². The van der Waals surface area contributed by atoms with Crippen molar-refractivity contribution in [1.82, 2.24) is 10.3 Å². The van der Waals surface area contributed by atoms with Crippen LogP contribution in [0.25, 0.3) is 10.9 Å². The lowest BCUT2D eigenvalue weighted by molar-refractivity contribution is 0.356. The smallest absolute Gasteiger partial charge is 0.162 e. The second-order valence-corrected chi connectivity index (χ2v) is 3.73. The van der Waals surface area contributed by atoms with E-state index in [1.807, 2.05) is 31.3 Å². The summed E-state index contributed by atoms with van der Waals surface area (Å²) in [6, 6.07) is 7.87. The van der Waals surface area contributed by atoms with Gasteiger partial charge in [0.15, 0.2) is 11.5 Å². The number of hydrogen-bond acceptors (Lipinski definition) is 4. The summed E-state index contributed by atoms with van der Waals surface area (Å²) >= 11 is 0. The molecule has 0 radical (unpaired) electrons. The van der Waals surface area contributed by atoms with Crippen LogP contribution in [0.5, 0.6) is 11.5 Å². The number of nitrogens with one attached hydrogen (secondary N) is 1. The quantitative estimate of drug-likeness (QED) is 0.875. The number of methoxy groups -OCH3 is 2. The summed E-state index contributed by atoms with van der Waals surface area (Å²) in [5.74, 6) is 1.43. The molecule has 0 saturated carbocycles. The molecule has 1 aromatic heterocycles. The number of ether oxygens (including phenoxy) is 2. The normalized spacial score (nSPS) is 10.5. The van der Waals surface area contributed by atoms with Crippen molar-refractivity contribution in [3.05, 3.63) is 30.0 Å². The molecule has 0 spiro atoms. The number of nitrogens with zero attached hydrogens (tertiary/aromatic N) is 1. The summed E-state index contributed by atoms with van der Waals surface area (Å²) in [6.45, 7) is 0.754. The lowest BCUT2D eigenvalue weighted by atomic mass is 10.2. The third-order valence-corrected chi connectivity index (χ3v) is 2.61. The van der Waals surface area contributed by atoms with Gasteiger partial charge in [-0.05, 0) is 19.2 Å². The molecule has 0 amide bonds. The van der Waals surface area contributed by atoms with E-state index in [2.05, 4.69) is 10.3 Å². The van der Waals surface area contributed by atoms with Crippen molar-refractivity contribution in [2.75, 3.05) is 21.3 Å². The van der Waals surface area contributed by atoms with Crippen LogP contribution in [0.1, 0.15) is 5.69 Å². The van der Waals surface area contributed by atoms with Crippen LogP contribution in [0.2, 0.25) is 0 Å². The Morgan fingerprint density at radius 3 is 2.47 bits per heavy atom. The summed E-state index contributed by atoms with van der Waals surface area (Å²) in [5.41, 5.74) is 1.92. The SMILES string of the molecule is CNCc1ccc2cc(OC)c(OC)cc2n1. The Balaban J connectivity index is 2.54. The van der Waals surface area contributed by atoms with Crippen LogP contribution >= 0.6 is 0 Å². The molecular weight excluding hydrogens is 216 g/mol. The summed E-state index contributed by atoms with van der Waals surface area (Å²) in [5, 5.41) is 4.13. The fourth-order valence-electron chi connectivity index (χ4n) is 1.77. The van der Waals surface area contributed by atoms with E-state index in [-0.39, 0.29) is 0 Å². The minimum Gasteiger partial charge on any atom is -0.493 e. The zero-order valence-electron chi connectivity index (χ0n) is 10.3. The zero-order valence-corrected chi connectivity index (χ0v) is 10.3. The first-order chi connectivity index (χ1) is 8.28. The van der Waals surface area contributed by atoms with Crippen LogP contribution in [-0.4, -0.2) is 26.3 Å². The predicted molar refractivity (Wildman–Crippen MR) is 67.6 cm³/mol. The number of hydrogen-bond donors (Lipinski definition) is 1. The second-order valence-electron chi connectivity index (χ2n) is 3.73. The maximum Gasteiger partial charge on any atom is 0.162 e. The molecule has 4 heteroatoms. The predicted octanol–water partition coefficient (Wildman–Crippen LogP) is 1.97. The van der Waals surface area contributed by atoms with E-state index >= 15 is 0 Å². The first kappa shape index (κ1) is 11.7. The molecule has 0 fully saturated rings. The van der Waals surface area contributed by atoms with Crippen molar-refractivity contribution in [3.63, 3.8) is 0 Å². The molecule has 1 heterocycles. The summed E-state index contributed by atoms with van der Waals surface area (Å²) < 4.78 is 10.5. The van der Waals surface area contributed by atoms with E-state index in [9.17, 15) is 0 Å². The van der Waals surface area contributed by atoms with Crippen molar-refractivity contribution < 1.29 is 9.47 Å². The highest BCUT2D eigenvalue weighted by Gasteiger charge is 2.07. The first-order valence-corrected chi connectivity index (χ1v) is 5.44. The average Bonchev–Trinajstić information content (AvgIpc) is 2.37. The molecule has 1 aromatic carbocycles. The molecule has 17 heavy (non-hydrogen) atoms. The van der Waals surface area contributed by atoms with E-state index in [4.69, 9.17) is 9.47 Å². The Kier molecular flexibility index (Phi) is 3.44. The van der Waals surface area contributed by atoms with Crippen LogP contribution in [-0.2, 0) is 6.54 Å². The summed E-state index contributed by atoms with van der Waals surface area (Å²) in [6.07, 6.45) is 0. The Labute approximate surface area is 101 Å². The number of rotatable bonds is 4. The van der Waals surface area contributed by atoms with Gasteiger partial charge in [-0.15, -0.1) is 0 Å². The Morgan fingerprint density at radius 2 is 1.82 bits per heavy atom. The molecule has 0 unspecified atom stereocenters. The van der Waals surface area contributed by atoms with Gasteiger partial charge in [-0.2, -0.15) is 0 Å². The van der Waals surface area contributed by atoms with Gasteiger partial charge in [-0.25, -0.2) is 0 Å². The maximum atomic E-state index is 5.26. The maximum absolute atomic E-state index is 5.26. The van der Waals surface area contributed by atoms with Gasteiger partial charge in [0.2, 0.25) is 0 Å². The van der Waals surface area contributed by atoms with Crippen molar-refractivity contribution in [3.8, 4) is 11.5 Å². The van der Waals surface area contributed by atoms with Crippen LogP contribution in [0, 0.1) is 0 Å².